The largest absolute Gasteiger partial charge is 0.364 e. The van der Waals surface area contributed by atoms with Crippen LogP contribution in [-0.4, -0.2) is 10.9 Å². The van der Waals surface area contributed by atoms with Gasteiger partial charge in [0, 0.05) is 5.69 Å². The maximum atomic E-state index is 10.8. The number of rotatable bonds is 3. The number of carbonyl (C=O) groups excluding carboxylic acids is 1. The molecule has 0 saturated carbocycles. The molecule has 0 saturated heterocycles. The zero-order valence-corrected chi connectivity index (χ0v) is 7.95. The highest BCUT2D eigenvalue weighted by Gasteiger charge is 2.04. The monoisotopic (exact) mass is 178 g/mol. The summed E-state index contributed by atoms with van der Waals surface area (Å²) in [4.78, 5) is 14.9. The van der Waals surface area contributed by atoms with Gasteiger partial charge in [-0.25, -0.2) is 4.98 Å². The van der Waals surface area contributed by atoms with Crippen LogP contribution in [0.25, 0.3) is 0 Å². The SMILES string of the molecule is CC(C)Cc1cccc(C(N)=O)n1. The van der Waals surface area contributed by atoms with Gasteiger partial charge in [-0.05, 0) is 24.5 Å². The van der Waals surface area contributed by atoms with Crippen molar-refractivity contribution in [2.45, 2.75) is 20.3 Å². The average molecular weight is 178 g/mol. The van der Waals surface area contributed by atoms with Gasteiger partial charge in [0.1, 0.15) is 5.69 Å². The van der Waals surface area contributed by atoms with E-state index in [1.807, 2.05) is 12.1 Å². The molecule has 0 aliphatic carbocycles. The van der Waals surface area contributed by atoms with Crippen LogP contribution in [0, 0.1) is 5.92 Å². The summed E-state index contributed by atoms with van der Waals surface area (Å²) in [6.45, 7) is 4.22. The molecule has 3 nitrogen and oxygen atoms in total. The third-order valence-corrected chi connectivity index (χ3v) is 1.68. The second-order valence-corrected chi connectivity index (χ2v) is 3.48. The number of aromatic nitrogens is 1. The fraction of sp³-hybridized carbons (Fsp3) is 0.400. The molecule has 0 aliphatic heterocycles. The van der Waals surface area contributed by atoms with Crippen molar-refractivity contribution >= 4 is 5.91 Å². The van der Waals surface area contributed by atoms with Crippen molar-refractivity contribution in [1.82, 2.24) is 4.98 Å². The lowest BCUT2D eigenvalue weighted by Gasteiger charge is -2.04. The number of pyridine rings is 1. The van der Waals surface area contributed by atoms with Gasteiger partial charge in [-0.1, -0.05) is 19.9 Å². The quantitative estimate of drug-likeness (QED) is 0.760. The minimum Gasteiger partial charge on any atom is -0.364 e. The maximum absolute atomic E-state index is 10.8. The molecule has 0 fully saturated rings. The fourth-order valence-corrected chi connectivity index (χ4v) is 1.15. The number of nitrogens with zero attached hydrogens (tertiary/aromatic N) is 1. The van der Waals surface area contributed by atoms with Crippen LogP contribution in [0.4, 0.5) is 0 Å². The van der Waals surface area contributed by atoms with Gasteiger partial charge in [0.2, 0.25) is 0 Å². The highest BCUT2D eigenvalue weighted by Crippen LogP contribution is 2.05. The van der Waals surface area contributed by atoms with E-state index >= 15 is 0 Å². The van der Waals surface area contributed by atoms with Crippen LogP contribution in [0.3, 0.4) is 0 Å². The molecule has 1 amide bonds. The summed E-state index contributed by atoms with van der Waals surface area (Å²) in [6.07, 6.45) is 0.876. The highest BCUT2D eigenvalue weighted by molar-refractivity contribution is 5.90. The third-order valence-electron chi connectivity index (χ3n) is 1.68. The van der Waals surface area contributed by atoms with E-state index < -0.39 is 5.91 Å². The first kappa shape index (κ1) is 9.71. The molecular weight excluding hydrogens is 164 g/mol. The molecule has 0 unspecified atom stereocenters. The Hall–Kier alpha value is -1.38. The first-order valence-corrected chi connectivity index (χ1v) is 4.35. The number of nitrogens with two attached hydrogens (primary N) is 1. The van der Waals surface area contributed by atoms with Crippen molar-refractivity contribution in [3.63, 3.8) is 0 Å². The molecule has 13 heavy (non-hydrogen) atoms. The molecule has 0 spiro atoms. The minimum atomic E-state index is -0.467. The van der Waals surface area contributed by atoms with Crippen molar-refractivity contribution in [2.75, 3.05) is 0 Å². The average Bonchev–Trinajstić information content (AvgIpc) is 2.03. The van der Waals surface area contributed by atoms with Gasteiger partial charge < -0.3 is 5.73 Å². The van der Waals surface area contributed by atoms with Crippen molar-refractivity contribution < 1.29 is 4.79 Å². The van der Waals surface area contributed by atoms with Crippen molar-refractivity contribution in [3.05, 3.63) is 29.6 Å². The Bertz CT molecular complexity index is 308. The molecule has 3 heteroatoms. The first-order valence-electron chi connectivity index (χ1n) is 4.35. The predicted octanol–water partition coefficient (Wildman–Crippen LogP) is 1.38. The molecule has 1 aromatic rings. The number of primary amides is 1. The van der Waals surface area contributed by atoms with Crippen molar-refractivity contribution in [2.24, 2.45) is 11.7 Å². The summed E-state index contributed by atoms with van der Waals surface area (Å²) in [5.74, 6) is 0.0706. The summed E-state index contributed by atoms with van der Waals surface area (Å²) in [5, 5.41) is 0. The Kier molecular flexibility index (Phi) is 3.01. The zero-order chi connectivity index (χ0) is 9.84. The number of hydrogen-bond acceptors (Lipinski definition) is 2. The summed E-state index contributed by atoms with van der Waals surface area (Å²) < 4.78 is 0. The molecule has 0 atom stereocenters. The Morgan fingerprint density at radius 1 is 1.54 bits per heavy atom. The number of amides is 1. The van der Waals surface area contributed by atoms with E-state index in [0.29, 0.717) is 11.6 Å². The number of carbonyl (C=O) groups is 1. The van der Waals surface area contributed by atoms with Crippen LogP contribution in [0.5, 0.6) is 0 Å². The van der Waals surface area contributed by atoms with Crippen LogP contribution in [-0.2, 0) is 6.42 Å². The molecule has 0 aromatic carbocycles. The predicted molar refractivity (Wildman–Crippen MR) is 51.3 cm³/mol. The lowest BCUT2D eigenvalue weighted by Crippen LogP contribution is -2.14. The molecule has 1 rings (SSSR count). The Morgan fingerprint density at radius 3 is 2.77 bits per heavy atom. The topological polar surface area (TPSA) is 56.0 Å². The lowest BCUT2D eigenvalue weighted by atomic mass is 10.1. The van der Waals surface area contributed by atoms with E-state index in [2.05, 4.69) is 18.8 Å². The Balaban J connectivity index is 2.85. The maximum Gasteiger partial charge on any atom is 0.267 e. The lowest BCUT2D eigenvalue weighted by molar-refractivity contribution is 0.0995. The van der Waals surface area contributed by atoms with Gasteiger partial charge in [0.15, 0.2) is 0 Å². The second-order valence-electron chi connectivity index (χ2n) is 3.48. The van der Waals surface area contributed by atoms with Crippen LogP contribution in [0.15, 0.2) is 18.2 Å². The van der Waals surface area contributed by atoms with Crippen LogP contribution >= 0.6 is 0 Å². The summed E-state index contributed by atoms with van der Waals surface area (Å²) in [6, 6.07) is 5.35. The van der Waals surface area contributed by atoms with Gasteiger partial charge in [-0.15, -0.1) is 0 Å². The van der Waals surface area contributed by atoms with Gasteiger partial charge in [-0.2, -0.15) is 0 Å². The standard InChI is InChI=1S/C10H14N2O/c1-7(2)6-8-4-3-5-9(12-8)10(11)13/h3-5,7H,6H2,1-2H3,(H2,11,13). The van der Waals surface area contributed by atoms with E-state index in [1.54, 1.807) is 6.07 Å². The molecular formula is C10H14N2O. The van der Waals surface area contributed by atoms with E-state index in [0.717, 1.165) is 12.1 Å². The van der Waals surface area contributed by atoms with E-state index in [1.165, 1.54) is 0 Å². The smallest absolute Gasteiger partial charge is 0.267 e. The molecule has 70 valence electrons. The van der Waals surface area contributed by atoms with Gasteiger partial charge >= 0.3 is 0 Å². The highest BCUT2D eigenvalue weighted by atomic mass is 16.1. The fourth-order valence-electron chi connectivity index (χ4n) is 1.15. The van der Waals surface area contributed by atoms with Crippen molar-refractivity contribution in [3.8, 4) is 0 Å². The van der Waals surface area contributed by atoms with Gasteiger partial charge in [0.05, 0.1) is 0 Å². The summed E-state index contributed by atoms with van der Waals surface area (Å²) in [5.41, 5.74) is 6.38. The second kappa shape index (κ2) is 4.03. The number of hydrogen-bond donors (Lipinski definition) is 1. The van der Waals surface area contributed by atoms with Gasteiger partial charge in [0.25, 0.3) is 5.91 Å². The van der Waals surface area contributed by atoms with Crippen molar-refractivity contribution in [1.29, 1.82) is 0 Å². The minimum absolute atomic E-state index is 0.346. The van der Waals surface area contributed by atoms with E-state index in [4.69, 9.17) is 5.73 Å². The Labute approximate surface area is 78.0 Å². The summed E-state index contributed by atoms with van der Waals surface area (Å²) in [7, 11) is 0. The summed E-state index contributed by atoms with van der Waals surface area (Å²) >= 11 is 0. The Morgan fingerprint density at radius 2 is 2.23 bits per heavy atom. The van der Waals surface area contributed by atoms with Crippen LogP contribution < -0.4 is 5.73 Å². The third kappa shape index (κ3) is 2.86. The van der Waals surface area contributed by atoms with Crippen LogP contribution in [0.1, 0.15) is 30.0 Å². The molecule has 0 radical (unpaired) electrons. The molecule has 1 heterocycles. The van der Waals surface area contributed by atoms with E-state index in [9.17, 15) is 4.79 Å². The first-order chi connectivity index (χ1) is 6.09. The molecule has 0 aliphatic rings. The molecule has 0 bridgehead atoms. The molecule has 2 N–H and O–H groups in total. The normalized spacial score (nSPS) is 10.4. The van der Waals surface area contributed by atoms with Gasteiger partial charge in [-0.3, -0.25) is 4.79 Å². The van der Waals surface area contributed by atoms with E-state index in [-0.39, 0.29) is 0 Å². The van der Waals surface area contributed by atoms with Crippen LogP contribution in [0.2, 0.25) is 0 Å². The molecule has 1 aromatic heterocycles. The zero-order valence-electron chi connectivity index (χ0n) is 7.95.